The Morgan fingerprint density at radius 3 is 2.24 bits per heavy atom. The number of halogens is 1. The minimum Gasteiger partial charge on any atom is -0.497 e. The number of carbonyl (C=O) groups excluding carboxylic acids is 2. The number of nitrogens with zero attached hydrogens (tertiary/aromatic N) is 6. The van der Waals surface area contributed by atoms with Crippen LogP contribution in [0.4, 0.5) is 34.5 Å². The molecule has 17 nitrogen and oxygen atoms in total. The SMILES string of the molecule is CCc1cc(Nc2ncc(Cl)c(Nc3ccc(OC)cc3CS(=O)(=O)NC)n2)c(OC)cc1N1CCC(N2CCN(CCNC3CCN(c4ccc(C5CCC(=O)NC5=O)cc4)CC3)CC2)CC1. The number of hydrogen-bond acceptors (Lipinski definition) is 15. The fraction of sp³-hybridized carbons (Fsp3) is 0.510. The number of benzene rings is 3. The second-order valence-electron chi connectivity index (χ2n) is 18.1. The van der Waals surface area contributed by atoms with E-state index in [2.05, 4.69) is 86.7 Å². The summed E-state index contributed by atoms with van der Waals surface area (Å²) in [4.78, 5) is 43.2. The summed E-state index contributed by atoms with van der Waals surface area (Å²) in [5.41, 5.74) is 6.28. The average Bonchev–Trinajstić information content (AvgIpc) is 3.36. The molecule has 5 N–H and O–H groups in total. The van der Waals surface area contributed by atoms with Crippen molar-refractivity contribution in [2.45, 2.75) is 75.6 Å². The van der Waals surface area contributed by atoms with Crippen LogP contribution in [0.5, 0.6) is 11.5 Å². The van der Waals surface area contributed by atoms with Gasteiger partial charge in [0.05, 0.1) is 37.8 Å². The van der Waals surface area contributed by atoms with Gasteiger partial charge in [-0.2, -0.15) is 4.98 Å². The van der Waals surface area contributed by atoms with Crippen molar-refractivity contribution in [3.63, 3.8) is 0 Å². The minimum atomic E-state index is -3.58. The van der Waals surface area contributed by atoms with Crippen molar-refractivity contribution in [2.24, 2.45) is 0 Å². The van der Waals surface area contributed by atoms with Crippen molar-refractivity contribution < 1.29 is 27.5 Å². The van der Waals surface area contributed by atoms with E-state index in [0.717, 1.165) is 109 Å². The molecule has 19 heteroatoms. The van der Waals surface area contributed by atoms with E-state index < -0.39 is 10.0 Å². The molecule has 0 aliphatic carbocycles. The number of nitrogens with one attached hydrogen (secondary N) is 5. The van der Waals surface area contributed by atoms with Gasteiger partial charge in [-0.25, -0.2) is 18.1 Å². The first kappa shape index (κ1) is 49.2. The Balaban J connectivity index is 0.782. The van der Waals surface area contributed by atoms with Crippen LogP contribution in [-0.2, 0) is 31.8 Å². The summed E-state index contributed by atoms with van der Waals surface area (Å²) in [6.07, 6.45) is 7.74. The van der Waals surface area contributed by atoms with Gasteiger partial charge >= 0.3 is 0 Å². The zero-order chi connectivity index (χ0) is 47.8. The first-order chi connectivity index (χ1) is 32.9. The summed E-state index contributed by atoms with van der Waals surface area (Å²) in [6, 6.07) is 18.8. The summed E-state index contributed by atoms with van der Waals surface area (Å²) in [6.45, 7) is 12.6. The predicted octanol–water partition coefficient (Wildman–Crippen LogP) is 5.61. The molecule has 3 aromatic carbocycles. The molecule has 1 aromatic heterocycles. The number of anilines is 6. The molecule has 5 heterocycles. The van der Waals surface area contributed by atoms with Gasteiger partial charge in [0.15, 0.2) is 5.82 Å². The van der Waals surface area contributed by atoms with Gasteiger partial charge in [0.1, 0.15) is 16.5 Å². The van der Waals surface area contributed by atoms with Crippen molar-refractivity contribution >= 4 is 68.0 Å². The smallest absolute Gasteiger partial charge is 0.234 e. The fourth-order valence-electron chi connectivity index (χ4n) is 9.96. The Morgan fingerprint density at radius 2 is 1.56 bits per heavy atom. The normalized spacial score (nSPS) is 19.2. The van der Waals surface area contributed by atoms with Crippen LogP contribution < -0.4 is 45.3 Å². The Bertz CT molecular complexity index is 2490. The summed E-state index contributed by atoms with van der Waals surface area (Å²) < 4.78 is 38.6. The lowest BCUT2D eigenvalue weighted by molar-refractivity contribution is -0.134. The Morgan fingerprint density at radius 1 is 0.824 bits per heavy atom. The van der Waals surface area contributed by atoms with Gasteiger partial charge < -0.3 is 35.2 Å². The number of carbonyl (C=O) groups is 2. The number of piperidine rings is 3. The van der Waals surface area contributed by atoms with Gasteiger partial charge in [-0.15, -0.1) is 0 Å². The summed E-state index contributed by atoms with van der Waals surface area (Å²) in [5, 5.41) is 13.1. The summed E-state index contributed by atoms with van der Waals surface area (Å²) in [7, 11) is 0.990. The van der Waals surface area contributed by atoms with E-state index in [9.17, 15) is 18.0 Å². The van der Waals surface area contributed by atoms with Gasteiger partial charge in [0, 0.05) is 107 Å². The Hall–Kier alpha value is -5.24. The molecule has 4 fully saturated rings. The van der Waals surface area contributed by atoms with E-state index >= 15 is 0 Å². The van der Waals surface area contributed by atoms with Gasteiger partial charge in [0.25, 0.3) is 0 Å². The molecule has 1 unspecified atom stereocenters. The van der Waals surface area contributed by atoms with Gasteiger partial charge in [-0.1, -0.05) is 30.7 Å². The van der Waals surface area contributed by atoms with E-state index in [1.807, 2.05) is 12.1 Å². The molecule has 0 radical (unpaired) electrons. The molecule has 366 valence electrons. The molecule has 2 amide bonds. The molecular formula is C49H66ClN11O6S. The number of sulfonamides is 1. The first-order valence-electron chi connectivity index (χ1n) is 23.9. The van der Waals surface area contributed by atoms with Crippen molar-refractivity contribution in [3.05, 3.63) is 82.5 Å². The molecule has 4 aliphatic rings. The highest BCUT2D eigenvalue weighted by Crippen LogP contribution is 2.38. The van der Waals surface area contributed by atoms with E-state index in [0.29, 0.717) is 59.4 Å². The third-order valence-electron chi connectivity index (χ3n) is 14.0. The van der Waals surface area contributed by atoms with Gasteiger partial charge in [-0.3, -0.25) is 24.7 Å². The lowest BCUT2D eigenvalue weighted by Gasteiger charge is -2.43. The highest BCUT2D eigenvalue weighted by molar-refractivity contribution is 7.88. The zero-order valence-corrected chi connectivity index (χ0v) is 41.2. The van der Waals surface area contributed by atoms with Crippen molar-refractivity contribution in [1.82, 2.24) is 35.1 Å². The molecule has 0 bridgehead atoms. The number of piperazine rings is 1. The maximum Gasteiger partial charge on any atom is 0.234 e. The molecule has 4 aliphatic heterocycles. The number of methoxy groups -OCH3 is 2. The van der Waals surface area contributed by atoms with Crippen LogP contribution in [0.3, 0.4) is 0 Å². The summed E-state index contributed by atoms with van der Waals surface area (Å²) in [5.74, 6) is 0.926. The number of ether oxygens (including phenoxy) is 2. The number of rotatable bonds is 18. The molecule has 4 saturated heterocycles. The van der Waals surface area contributed by atoms with Crippen molar-refractivity contribution in [2.75, 3.05) is 107 Å². The number of aromatic nitrogens is 2. The van der Waals surface area contributed by atoms with Crippen LogP contribution >= 0.6 is 11.6 Å². The van der Waals surface area contributed by atoms with E-state index in [1.54, 1.807) is 25.3 Å². The van der Waals surface area contributed by atoms with Gasteiger partial charge in [0.2, 0.25) is 27.8 Å². The third-order valence-corrected chi connectivity index (χ3v) is 15.6. The second-order valence-corrected chi connectivity index (χ2v) is 20.4. The van der Waals surface area contributed by atoms with Crippen LogP contribution in [0.1, 0.15) is 68.1 Å². The zero-order valence-electron chi connectivity index (χ0n) is 39.7. The highest BCUT2D eigenvalue weighted by atomic mass is 35.5. The Kier molecular flexibility index (Phi) is 16.2. The maximum absolute atomic E-state index is 12.5. The monoisotopic (exact) mass is 971 g/mol. The minimum absolute atomic E-state index is 0.179. The van der Waals surface area contributed by atoms with Crippen LogP contribution in [-0.4, -0.2) is 139 Å². The topological polar surface area (TPSA) is 186 Å². The lowest BCUT2D eigenvalue weighted by atomic mass is 9.90. The summed E-state index contributed by atoms with van der Waals surface area (Å²) >= 11 is 6.56. The largest absolute Gasteiger partial charge is 0.497 e. The second kappa shape index (κ2) is 22.5. The highest BCUT2D eigenvalue weighted by Gasteiger charge is 2.30. The molecule has 68 heavy (non-hydrogen) atoms. The standard InChI is InChI=1S/C49H66ClN11O6S/c1-5-33-29-43(55-49-53-31-41(50)47(57-49)54-42-12-10-39(66-3)28-35(42)32-68(64,65)51-2)45(67-4)30-44(33)61-21-16-38(17-22-61)60-26-24-58(25-27-60)23-18-52-36-14-19-59(20-15-36)37-8-6-34(7-9-37)40-11-13-46(62)56-48(40)63/h6-10,12,28-31,36,38,40,51-52H,5,11,13-27,32H2,1-4H3,(H,56,62,63)(H2,53,54,55,57). The quantitative estimate of drug-likeness (QED) is 0.0775. The molecule has 4 aromatic rings. The van der Waals surface area contributed by atoms with Gasteiger partial charge in [-0.05, 0) is 98.7 Å². The number of amides is 2. The maximum atomic E-state index is 12.5. The van der Waals surface area contributed by atoms with Crippen LogP contribution in [0.15, 0.2) is 60.8 Å². The average molecular weight is 973 g/mol. The molecule has 1 atom stereocenters. The van der Waals surface area contributed by atoms with Crippen LogP contribution in [0.2, 0.25) is 5.02 Å². The van der Waals surface area contributed by atoms with Crippen LogP contribution in [0.25, 0.3) is 0 Å². The number of aryl methyl sites for hydroxylation is 1. The molecular weight excluding hydrogens is 906 g/mol. The fourth-order valence-corrected chi connectivity index (χ4v) is 10.9. The van der Waals surface area contributed by atoms with E-state index in [-0.39, 0.29) is 28.5 Å². The molecule has 0 spiro atoms. The lowest BCUT2D eigenvalue weighted by Crippen LogP contribution is -2.54. The van der Waals surface area contributed by atoms with E-state index in [4.69, 9.17) is 21.1 Å². The van der Waals surface area contributed by atoms with E-state index in [1.165, 1.54) is 37.3 Å². The number of imide groups is 1. The van der Waals surface area contributed by atoms with Crippen molar-refractivity contribution in [3.8, 4) is 11.5 Å². The Labute approximate surface area is 405 Å². The van der Waals surface area contributed by atoms with Crippen molar-refractivity contribution in [1.29, 1.82) is 0 Å². The molecule has 8 rings (SSSR count). The number of hydrogen-bond donors (Lipinski definition) is 5. The molecule has 0 saturated carbocycles. The predicted molar refractivity (Wildman–Crippen MR) is 269 cm³/mol. The van der Waals surface area contributed by atoms with Crippen LogP contribution in [0, 0.1) is 0 Å². The third kappa shape index (κ3) is 12.1. The first-order valence-corrected chi connectivity index (χ1v) is 25.9.